The topological polar surface area (TPSA) is 0 Å². The molecule has 0 aliphatic rings. The molecule has 0 bridgehead atoms. The zero-order valence-corrected chi connectivity index (χ0v) is 14.2. The van der Waals surface area contributed by atoms with Gasteiger partial charge in [-0.2, -0.15) is 0 Å². The van der Waals surface area contributed by atoms with Crippen LogP contribution in [0.2, 0.25) is 0 Å². The lowest BCUT2D eigenvalue weighted by molar-refractivity contribution is 0.628. The van der Waals surface area contributed by atoms with E-state index < -0.39 is 0 Å². The number of halogens is 1. The van der Waals surface area contributed by atoms with Gasteiger partial charge in [0.1, 0.15) is 13.7 Å². The fourth-order valence-electron chi connectivity index (χ4n) is 3.14. The molecule has 0 N–H and O–H groups in total. The van der Waals surface area contributed by atoms with Gasteiger partial charge in [-0.05, 0) is 57.6 Å². The van der Waals surface area contributed by atoms with Gasteiger partial charge in [-0.25, -0.2) is 4.39 Å². The maximum atomic E-state index is 13.5. The molecular weight excluding hydrogens is 318 g/mol. The van der Waals surface area contributed by atoms with Crippen molar-refractivity contribution in [1.82, 2.24) is 0 Å². The van der Waals surface area contributed by atoms with Crippen LogP contribution in [0, 0.1) is 5.82 Å². The fraction of sp³-hybridized carbons (Fsp3) is 0. The molecule has 122 valence electrons. The number of benzene rings is 4. The Bertz CT molecular complexity index is 982. The highest BCUT2D eigenvalue weighted by Gasteiger charge is 2.05. The van der Waals surface area contributed by atoms with Crippen molar-refractivity contribution in [2.75, 3.05) is 0 Å². The van der Waals surface area contributed by atoms with Crippen LogP contribution in [0.15, 0.2) is 97.1 Å². The molecule has 0 atom stereocenters. The Morgan fingerprint density at radius 3 is 1.31 bits per heavy atom. The van der Waals surface area contributed by atoms with Gasteiger partial charge in [0, 0.05) is 0 Å². The van der Waals surface area contributed by atoms with Crippen molar-refractivity contribution >= 4 is 13.3 Å². The van der Waals surface area contributed by atoms with Crippen LogP contribution in [0.5, 0.6) is 0 Å². The van der Waals surface area contributed by atoms with Crippen LogP contribution in [-0.4, -0.2) is 7.85 Å². The summed E-state index contributed by atoms with van der Waals surface area (Å²) in [5, 5.41) is 0. The summed E-state index contributed by atoms with van der Waals surface area (Å²) in [5.41, 5.74) is 7.04. The molecule has 26 heavy (non-hydrogen) atoms. The van der Waals surface area contributed by atoms with Crippen molar-refractivity contribution in [3.05, 3.63) is 103 Å². The summed E-state index contributed by atoms with van der Waals surface area (Å²) in [4.78, 5) is 0. The Balaban J connectivity index is 1.75. The van der Waals surface area contributed by atoms with E-state index in [4.69, 9.17) is 7.85 Å². The minimum absolute atomic E-state index is 0.225. The molecule has 0 unspecified atom stereocenters. The van der Waals surface area contributed by atoms with Gasteiger partial charge in [0.25, 0.3) is 0 Å². The summed E-state index contributed by atoms with van der Waals surface area (Å²) in [6, 6.07) is 31.1. The first-order valence-electron chi connectivity index (χ1n) is 8.51. The molecule has 0 nitrogen and oxygen atoms in total. The second-order valence-electron chi connectivity index (χ2n) is 6.30. The van der Waals surface area contributed by atoms with Crippen LogP contribution in [0.4, 0.5) is 4.39 Å². The standard InChI is InChI=1S/C24H16BF/c25-23-11-3-9-21(15-23)19-7-1-5-17(13-19)18-6-2-8-20(14-18)22-10-4-12-24(26)16-22/h1-16H. The molecule has 0 saturated carbocycles. The molecule has 4 aromatic carbocycles. The molecule has 0 aliphatic carbocycles. The molecule has 0 spiro atoms. The highest BCUT2D eigenvalue weighted by Crippen LogP contribution is 2.29. The lowest BCUT2D eigenvalue weighted by Crippen LogP contribution is -2.00. The van der Waals surface area contributed by atoms with Gasteiger partial charge in [0.2, 0.25) is 0 Å². The molecule has 0 heterocycles. The first kappa shape index (κ1) is 16.3. The average molecular weight is 334 g/mol. The van der Waals surface area contributed by atoms with Crippen molar-refractivity contribution in [2.45, 2.75) is 0 Å². The third kappa shape index (κ3) is 3.45. The van der Waals surface area contributed by atoms with Crippen LogP contribution < -0.4 is 5.46 Å². The summed E-state index contributed by atoms with van der Waals surface area (Å²) in [6.07, 6.45) is 0. The van der Waals surface area contributed by atoms with E-state index in [2.05, 4.69) is 36.4 Å². The normalized spacial score (nSPS) is 10.7. The van der Waals surface area contributed by atoms with Crippen molar-refractivity contribution in [3.8, 4) is 33.4 Å². The summed E-state index contributed by atoms with van der Waals surface area (Å²) < 4.78 is 13.5. The summed E-state index contributed by atoms with van der Waals surface area (Å²) >= 11 is 0. The minimum Gasteiger partial charge on any atom is -0.207 e. The van der Waals surface area contributed by atoms with Crippen molar-refractivity contribution in [3.63, 3.8) is 0 Å². The quantitative estimate of drug-likeness (QED) is 0.427. The van der Waals surface area contributed by atoms with E-state index in [0.29, 0.717) is 0 Å². The van der Waals surface area contributed by atoms with E-state index in [1.165, 1.54) is 6.07 Å². The number of rotatable bonds is 3. The molecule has 2 heteroatoms. The maximum Gasteiger partial charge on any atom is 0.123 e. The Morgan fingerprint density at radius 2 is 0.846 bits per heavy atom. The summed E-state index contributed by atoms with van der Waals surface area (Å²) in [5.74, 6) is -0.225. The van der Waals surface area contributed by atoms with Crippen molar-refractivity contribution < 1.29 is 4.39 Å². The molecule has 2 radical (unpaired) electrons. The highest BCUT2D eigenvalue weighted by atomic mass is 19.1. The monoisotopic (exact) mass is 334 g/mol. The smallest absolute Gasteiger partial charge is 0.123 e. The highest BCUT2D eigenvalue weighted by molar-refractivity contribution is 6.32. The summed E-state index contributed by atoms with van der Waals surface area (Å²) in [7, 11) is 5.91. The van der Waals surface area contributed by atoms with Crippen LogP contribution >= 0.6 is 0 Å². The van der Waals surface area contributed by atoms with Gasteiger partial charge in [-0.3, -0.25) is 0 Å². The van der Waals surface area contributed by atoms with Gasteiger partial charge in [-0.15, -0.1) is 0 Å². The van der Waals surface area contributed by atoms with Gasteiger partial charge in [0.05, 0.1) is 0 Å². The zero-order chi connectivity index (χ0) is 17.9. The number of hydrogen-bond acceptors (Lipinski definition) is 0. The summed E-state index contributed by atoms with van der Waals surface area (Å²) in [6.45, 7) is 0. The zero-order valence-electron chi connectivity index (χ0n) is 14.2. The Labute approximate surface area is 154 Å². The van der Waals surface area contributed by atoms with E-state index in [-0.39, 0.29) is 5.82 Å². The fourth-order valence-corrected chi connectivity index (χ4v) is 3.14. The third-order valence-electron chi connectivity index (χ3n) is 4.44. The first-order valence-corrected chi connectivity index (χ1v) is 8.51. The molecule has 4 aromatic rings. The van der Waals surface area contributed by atoms with Crippen LogP contribution in [0.3, 0.4) is 0 Å². The third-order valence-corrected chi connectivity index (χ3v) is 4.44. The average Bonchev–Trinajstić information content (AvgIpc) is 2.68. The van der Waals surface area contributed by atoms with Crippen LogP contribution in [0.25, 0.3) is 33.4 Å². The molecule has 4 rings (SSSR count). The predicted molar refractivity (Wildman–Crippen MR) is 108 cm³/mol. The Kier molecular flexibility index (Phi) is 4.41. The van der Waals surface area contributed by atoms with E-state index in [1.54, 1.807) is 12.1 Å². The number of hydrogen-bond donors (Lipinski definition) is 0. The van der Waals surface area contributed by atoms with E-state index >= 15 is 0 Å². The van der Waals surface area contributed by atoms with Crippen LogP contribution in [-0.2, 0) is 0 Å². The second kappa shape index (κ2) is 7.01. The van der Waals surface area contributed by atoms with E-state index in [9.17, 15) is 4.39 Å². The Hall–Kier alpha value is -3.13. The van der Waals surface area contributed by atoms with Crippen LogP contribution in [0.1, 0.15) is 0 Å². The lowest BCUT2D eigenvalue weighted by atomic mass is 9.91. The first-order chi connectivity index (χ1) is 12.7. The molecule has 0 amide bonds. The molecular formula is C24H16BF. The van der Waals surface area contributed by atoms with Crippen molar-refractivity contribution in [2.24, 2.45) is 0 Å². The second-order valence-corrected chi connectivity index (χ2v) is 6.30. The molecule has 0 aromatic heterocycles. The SMILES string of the molecule is [B]c1cccc(-c2cccc(-c3cccc(-c4cccc(F)c4)c3)c2)c1. The van der Waals surface area contributed by atoms with Gasteiger partial charge in [0.15, 0.2) is 0 Å². The van der Waals surface area contributed by atoms with E-state index in [0.717, 1.165) is 38.8 Å². The molecule has 0 saturated heterocycles. The van der Waals surface area contributed by atoms with Gasteiger partial charge >= 0.3 is 0 Å². The lowest BCUT2D eigenvalue weighted by Gasteiger charge is -2.09. The van der Waals surface area contributed by atoms with Gasteiger partial charge in [-0.1, -0.05) is 78.3 Å². The molecule has 0 aliphatic heterocycles. The van der Waals surface area contributed by atoms with Gasteiger partial charge < -0.3 is 0 Å². The van der Waals surface area contributed by atoms with E-state index in [1.807, 2.05) is 42.5 Å². The predicted octanol–water partition coefficient (Wildman–Crippen LogP) is 5.62. The maximum absolute atomic E-state index is 13.5. The molecule has 0 fully saturated rings. The Morgan fingerprint density at radius 1 is 0.462 bits per heavy atom. The van der Waals surface area contributed by atoms with Crippen molar-refractivity contribution in [1.29, 1.82) is 0 Å². The minimum atomic E-state index is -0.225. The largest absolute Gasteiger partial charge is 0.207 e.